The summed E-state index contributed by atoms with van der Waals surface area (Å²) in [5.74, 6) is -0.652. The predicted molar refractivity (Wildman–Crippen MR) is 115 cm³/mol. The molecule has 2 aromatic heterocycles. The number of furan rings is 1. The van der Waals surface area contributed by atoms with Crippen LogP contribution in [0.25, 0.3) is 0 Å². The number of anilines is 3. The van der Waals surface area contributed by atoms with Gasteiger partial charge in [-0.1, -0.05) is 0 Å². The van der Waals surface area contributed by atoms with Crippen LogP contribution in [-0.4, -0.2) is 28.5 Å². The largest absolute Gasteiger partial charge is 0.459 e. The van der Waals surface area contributed by atoms with E-state index in [0.29, 0.717) is 11.4 Å². The number of aromatic nitrogens is 1. The number of hydrogen-bond acceptors (Lipinski definition) is 6. The molecule has 0 aliphatic carbocycles. The molecule has 0 aliphatic heterocycles. The van der Waals surface area contributed by atoms with Crippen molar-refractivity contribution in [3.8, 4) is 0 Å². The Kier molecular flexibility index (Phi) is 6.35. The van der Waals surface area contributed by atoms with Gasteiger partial charge >= 0.3 is 6.09 Å². The number of nitrogens with zero attached hydrogens (tertiary/aromatic N) is 1. The fourth-order valence-corrected chi connectivity index (χ4v) is 2.53. The van der Waals surface area contributed by atoms with E-state index >= 15 is 0 Å². The zero-order chi connectivity index (χ0) is 22.4. The zero-order valence-electron chi connectivity index (χ0n) is 17.3. The van der Waals surface area contributed by atoms with Crippen LogP contribution in [0.1, 0.15) is 41.7 Å². The first kappa shape index (κ1) is 21.6. The highest BCUT2D eigenvalue weighted by atomic mass is 16.6. The molecule has 0 unspecified atom stereocenters. The van der Waals surface area contributed by atoms with Gasteiger partial charge in [-0.05, 0) is 63.2 Å². The van der Waals surface area contributed by atoms with Crippen molar-refractivity contribution in [2.75, 3.05) is 16.0 Å². The summed E-state index contributed by atoms with van der Waals surface area (Å²) in [5.41, 5.74) is 0.793. The van der Waals surface area contributed by atoms with Gasteiger partial charge in [-0.25, -0.2) is 4.79 Å². The van der Waals surface area contributed by atoms with E-state index in [4.69, 9.17) is 9.15 Å². The van der Waals surface area contributed by atoms with Crippen molar-refractivity contribution >= 4 is 35.0 Å². The normalized spacial score (nSPS) is 10.8. The van der Waals surface area contributed by atoms with E-state index in [-0.39, 0.29) is 22.9 Å². The summed E-state index contributed by atoms with van der Waals surface area (Å²) in [6.45, 7) is 5.23. The van der Waals surface area contributed by atoms with E-state index < -0.39 is 17.6 Å². The third-order valence-corrected chi connectivity index (χ3v) is 3.85. The molecule has 9 heteroatoms. The van der Waals surface area contributed by atoms with E-state index in [0.717, 1.165) is 0 Å². The highest BCUT2D eigenvalue weighted by Crippen LogP contribution is 2.19. The van der Waals surface area contributed by atoms with Gasteiger partial charge in [0.2, 0.25) is 0 Å². The fraction of sp³-hybridized carbons (Fsp3) is 0.182. The second kappa shape index (κ2) is 9.12. The van der Waals surface area contributed by atoms with Gasteiger partial charge in [-0.3, -0.25) is 19.9 Å². The van der Waals surface area contributed by atoms with Crippen molar-refractivity contribution in [1.29, 1.82) is 0 Å². The van der Waals surface area contributed by atoms with Crippen LogP contribution < -0.4 is 16.0 Å². The van der Waals surface area contributed by atoms with Crippen LogP contribution >= 0.6 is 0 Å². The zero-order valence-corrected chi connectivity index (χ0v) is 17.3. The minimum absolute atomic E-state index is 0.170. The Hall–Kier alpha value is -4.14. The Balaban J connectivity index is 1.65. The monoisotopic (exact) mass is 422 g/mol. The summed E-state index contributed by atoms with van der Waals surface area (Å²) < 4.78 is 10.3. The van der Waals surface area contributed by atoms with Crippen LogP contribution in [0.2, 0.25) is 0 Å². The van der Waals surface area contributed by atoms with Crippen molar-refractivity contribution in [1.82, 2.24) is 4.98 Å². The van der Waals surface area contributed by atoms with E-state index in [1.165, 1.54) is 24.7 Å². The average molecular weight is 422 g/mol. The van der Waals surface area contributed by atoms with Crippen LogP contribution in [0.5, 0.6) is 0 Å². The van der Waals surface area contributed by atoms with Crippen LogP contribution in [0.3, 0.4) is 0 Å². The maximum Gasteiger partial charge on any atom is 0.412 e. The van der Waals surface area contributed by atoms with Crippen LogP contribution in [0, 0.1) is 0 Å². The fourth-order valence-electron chi connectivity index (χ4n) is 2.53. The first-order chi connectivity index (χ1) is 14.7. The first-order valence-electron chi connectivity index (χ1n) is 9.41. The maximum absolute atomic E-state index is 12.7. The molecule has 3 N–H and O–H groups in total. The average Bonchev–Trinajstić information content (AvgIpc) is 3.23. The van der Waals surface area contributed by atoms with Gasteiger partial charge in [-0.15, -0.1) is 0 Å². The molecule has 3 rings (SSSR count). The Bertz CT molecular complexity index is 1070. The van der Waals surface area contributed by atoms with E-state index in [2.05, 4.69) is 20.9 Å². The molecule has 0 radical (unpaired) electrons. The topological polar surface area (TPSA) is 123 Å². The van der Waals surface area contributed by atoms with Crippen molar-refractivity contribution < 1.29 is 23.5 Å². The summed E-state index contributed by atoms with van der Waals surface area (Å²) in [7, 11) is 0. The number of amides is 3. The molecule has 0 saturated carbocycles. The molecule has 0 spiro atoms. The quantitative estimate of drug-likeness (QED) is 0.555. The lowest BCUT2D eigenvalue weighted by molar-refractivity contribution is 0.0635. The summed E-state index contributed by atoms with van der Waals surface area (Å²) in [6, 6.07) is 11.2. The van der Waals surface area contributed by atoms with Gasteiger partial charge in [0.15, 0.2) is 5.76 Å². The summed E-state index contributed by atoms with van der Waals surface area (Å²) in [4.78, 5) is 40.7. The smallest absolute Gasteiger partial charge is 0.412 e. The minimum Gasteiger partial charge on any atom is -0.459 e. The minimum atomic E-state index is -0.676. The SMILES string of the molecule is CC(C)(C)OC(=O)Nc1ccncc1C(=O)Nc1ccc(NC(=O)c2ccco2)cc1. The van der Waals surface area contributed by atoms with E-state index in [1.807, 2.05) is 0 Å². The Labute approximate surface area is 178 Å². The third kappa shape index (κ3) is 6.17. The highest BCUT2D eigenvalue weighted by Gasteiger charge is 2.19. The van der Waals surface area contributed by atoms with Crippen LogP contribution in [0.15, 0.2) is 65.5 Å². The molecule has 0 fully saturated rings. The maximum atomic E-state index is 12.7. The highest BCUT2D eigenvalue weighted by molar-refractivity contribution is 6.09. The number of hydrogen-bond donors (Lipinski definition) is 3. The molecular formula is C22H22N4O5. The van der Waals surface area contributed by atoms with Crippen LogP contribution in [0.4, 0.5) is 21.9 Å². The standard InChI is InChI=1S/C22H22N4O5/c1-22(2,3)31-21(29)26-17-10-11-23-13-16(17)19(27)24-14-6-8-15(9-7-14)25-20(28)18-5-4-12-30-18/h4-13H,1-3H3,(H,24,27)(H,25,28)(H,23,26,29). The van der Waals surface area contributed by atoms with Gasteiger partial charge in [0, 0.05) is 23.8 Å². The lowest BCUT2D eigenvalue weighted by Crippen LogP contribution is -2.28. The van der Waals surface area contributed by atoms with E-state index in [1.54, 1.807) is 57.2 Å². The van der Waals surface area contributed by atoms with Gasteiger partial charge in [0.25, 0.3) is 11.8 Å². The number of nitrogens with one attached hydrogen (secondary N) is 3. The molecule has 1 aromatic carbocycles. The second-order valence-corrected chi connectivity index (χ2v) is 7.51. The lowest BCUT2D eigenvalue weighted by atomic mass is 10.2. The molecule has 31 heavy (non-hydrogen) atoms. The third-order valence-electron chi connectivity index (χ3n) is 3.85. The predicted octanol–water partition coefficient (Wildman–Crippen LogP) is 4.53. The Morgan fingerprint density at radius 3 is 2.13 bits per heavy atom. The summed E-state index contributed by atoms with van der Waals surface area (Å²) >= 11 is 0. The molecule has 0 atom stereocenters. The molecule has 160 valence electrons. The number of carbonyl (C=O) groups is 3. The molecule has 0 bridgehead atoms. The van der Waals surface area contributed by atoms with Gasteiger partial charge < -0.3 is 19.8 Å². The number of ether oxygens (including phenoxy) is 1. The van der Waals surface area contributed by atoms with Gasteiger partial charge in [0.05, 0.1) is 17.5 Å². The molecule has 3 amide bonds. The molecule has 2 heterocycles. The van der Waals surface area contributed by atoms with Crippen molar-refractivity contribution in [3.63, 3.8) is 0 Å². The Morgan fingerprint density at radius 2 is 1.55 bits per heavy atom. The van der Waals surface area contributed by atoms with Gasteiger partial charge in [-0.2, -0.15) is 0 Å². The molecule has 0 saturated heterocycles. The van der Waals surface area contributed by atoms with Crippen molar-refractivity contribution in [2.45, 2.75) is 26.4 Å². The number of rotatable bonds is 5. The van der Waals surface area contributed by atoms with Gasteiger partial charge in [0.1, 0.15) is 5.60 Å². The molecule has 3 aromatic rings. The Morgan fingerprint density at radius 1 is 0.903 bits per heavy atom. The molecular weight excluding hydrogens is 400 g/mol. The summed E-state index contributed by atoms with van der Waals surface area (Å²) in [5, 5.41) is 7.97. The number of benzene rings is 1. The number of pyridine rings is 1. The summed E-state index contributed by atoms with van der Waals surface area (Å²) in [6.07, 6.45) is 3.54. The lowest BCUT2D eigenvalue weighted by Gasteiger charge is -2.20. The molecule has 9 nitrogen and oxygen atoms in total. The second-order valence-electron chi connectivity index (χ2n) is 7.51. The van der Waals surface area contributed by atoms with Crippen LogP contribution in [-0.2, 0) is 4.74 Å². The first-order valence-corrected chi connectivity index (χ1v) is 9.41. The van der Waals surface area contributed by atoms with Crippen molar-refractivity contribution in [3.05, 3.63) is 72.4 Å². The van der Waals surface area contributed by atoms with E-state index in [9.17, 15) is 14.4 Å². The number of carbonyl (C=O) groups excluding carboxylic acids is 3. The van der Waals surface area contributed by atoms with Crippen molar-refractivity contribution in [2.24, 2.45) is 0 Å². The molecule has 0 aliphatic rings.